The van der Waals surface area contributed by atoms with E-state index in [-0.39, 0.29) is 12.2 Å². The van der Waals surface area contributed by atoms with Crippen molar-refractivity contribution in [3.05, 3.63) is 58.1 Å². The Hall–Kier alpha value is -3.26. The van der Waals surface area contributed by atoms with Crippen molar-refractivity contribution in [3.63, 3.8) is 0 Å². The number of hydrazone groups is 1. The first-order valence-electron chi connectivity index (χ1n) is 7.90. The van der Waals surface area contributed by atoms with Crippen LogP contribution in [0.25, 0.3) is 0 Å². The predicted molar refractivity (Wildman–Crippen MR) is 101 cm³/mol. The molecule has 2 aromatic rings. The van der Waals surface area contributed by atoms with Crippen molar-refractivity contribution < 1.29 is 24.2 Å². The molecule has 0 radical (unpaired) electrons. The molecule has 0 aromatic heterocycles. The number of carbonyl (C=O) groups excluding carboxylic acids is 1. The van der Waals surface area contributed by atoms with Crippen molar-refractivity contribution in [3.8, 4) is 11.5 Å². The van der Waals surface area contributed by atoms with Crippen LogP contribution in [-0.4, -0.2) is 29.9 Å². The Kier molecular flexibility index (Phi) is 7.01. The van der Waals surface area contributed by atoms with Crippen LogP contribution in [0.5, 0.6) is 11.5 Å². The summed E-state index contributed by atoms with van der Waals surface area (Å²) in [6.07, 6.45) is 1.37. The Labute approximate surface area is 160 Å². The standard InChI is InChI=1S/C18H18ClN3O5/c1-2-26-15-8-12(9-21-22-18(20)25)7-14(19)16(15)27-10-11-3-5-13(6-4-11)17(23)24/h3-9H,2,10H2,1H3,(H,23,24)(H3,20,22,25). The number of nitrogens with two attached hydrogens (primary N) is 1. The van der Waals surface area contributed by atoms with Gasteiger partial charge in [0.2, 0.25) is 0 Å². The zero-order chi connectivity index (χ0) is 19.8. The molecule has 0 aliphatic rings. The molecule has 4 N–H and O–H groups in total. The van der Waals surface area contributed by atoms with E-state index in [9.17, 15) is 9.59 Å². The number of hydrogen-bond donors (Lipinski definition) is 3. The van der Waals surface area contributed by atoms with Crippen LogP contribution in [0, 0.1) is 0 Å². The van der Waals surface area contributed by atoms with E-state index in [0.29, 0.717) is 28.7 Å². The van der Waals surface area contributed by atoms with Gasteiger partial charge in [0.25, 0.3) is 0 Å². The molecule has 0 spiro atoms. The summed E-state index contributed by atoms with van der Waals surface area (Å²) < 4.78 is 11.3. The number of carbonyl (C=O) groups is 2. The van der Waals surface area contributed by atoms with E-state index in [1.165, 1.54) is 18.3 Å². The first-order valence-corrected chi connectivity index (χ1v) is 8.28. The number of nitrogens with zero attached hydrogens (tertiary/aromatic N) is 1. The zero-order valence-corrected chi connectivity index (χ0v) is 15.2. The molecule has 2 aromatic carbocycles. The van der Waals surface area contributed by atoms with Gasteiger partial charge in [-0.1, -0.05) is 23.7 Å². The number of amides is 2. The SMILES string of the molecule is CCOc1cc(C=NNC(N)=O)cc(Cl)c1OCc1ccc(C(=O)O)cc1. The molecule has 0 atom stereocenters. The lowest BCUT2D eigenvalue weighted by molar-refractivity contribution is 0.0697. The Morgan fingerprint density at radius 3 is 2.56 bits per heavy atom. The third-order valence-electron chi connectivity index (χ3n) is 3.30. The topological polar surface area (TPSA) is 123 Å². The smallest absolute Gasteiger partial charge is 0.335 e. The van der Waals surface area contributed by atoms with Crippen molar-refractivity contribution >= 4 is 29.8 Å². The van der Waals surface area contributed by atoms with Gasteiger partial charge < -0.3 is 20.3 Å². The van der Waals surface area contributed by atoms with Gasteiger partial charge in [-0.25, -0.2) is 15.0 Å². The average Bonchev–Trinajstić information content (AvgIpc) is 2.61. The minimum atomic E-state index is -0.993. The third kappa shape index (κ3) is 5.89. The zero-order valence-electron chi connectivity index (χ0n) is 14.4. The van der Waals surface area contributed by atoms with E-state index in [1.54, 1.807) is 24.3 Å². The molecule has 0 bridgehead atoms. The number of aromatic carboxylic acids is 1. The molecule has 142 valence electrons. The lowest BCUT2D eigenvalue weighted by Gasteiger charge is -2.14. The van der Waals surface area contributed by atoms with Crippen molar-refractivity contribution in [2.45, 2.75) is 13.5 Å². The minimum Gasteiger partial charge on any atom is -0.490 e. The lowest BCUT2D eigenvalue weighted by atomic mass is 10.1. The highest BCUT2D eigenvalue weighted by atomic mass is 35.5. The van der Waals surface area contributed by atoms with Crippen LogP contribution in [0.2, 0.25) is 5.02 Å². The second-order valence-electron chi connectivity index (χ2n) is 5.29. The van der Waals surface area contributed by atoms with Crippen molar-refractivity contribution in [2.75, 3.05) is 6.61 Å². The van der Waals surface area contributed by atoms with Gasteiger partial charge in [-0.3, -0.25) is 0 Å². The van der Waals surface area contributed by atoms with Crippen LogP contribution in [0.4, 0.5) is 4.79 Å². The summed E-state index contributed by atoms with van der Waals surface area (Å²) in [6.45, 7) is 2.38. The molecule has 0 saturated heterocycles. The molecule has 0 unspecified atom stereocenters. The van der Waals surface area contributed by atoms with E-state index in [0.717, 1.165) is 5.56 Å². The average molecular weight is 392 g/mol. The van der Waals surface area contributed by atoms with Crippen LogP contribution >= 0.6 is 11.6 Å². The molecule has 8 nitrogen and oxygen atoms in total. The fourth-order valence-electron chi connectivity index (χ4n) is 2.13. The van der Waals surface area contributed by atoms with E-state index in [2.05, 4.69) is 10.5 Å². The first-order chi connectivity index (χ1) is 12.9. The number of primary amides is 1. The largest absolute Gasteiger partial charge is 0.490 e. The number of ether oxygens (including phenoxy) is 2. The molecular formula is C18H18ClN3O5. The van der Waals surface area contributed by atoms with Gasteiger partial charge in [0.15, 0.2) is 11.5 Å². The monoisotopic (exact) mass is 391 g/mol. The highest BCUT2D eigenvalue weighted by Gasteiger charge is 2.13. The van der Waals surface area contributed by atoms with Gasteiger partial charge in [-0.2, -0.15) is 5.10 Å². The van der Waals surface area contributed by atoms with E-state index >= 15 is 0 Å². The quantitative estimate of drug-likeness (QED) is 0.471. The molecule has 2 amide bonds. The number of hydrogen-bond acceptors (Lipinski definition) is 5. The number of benzene rings is 2. The molecule has 0 heterocycles. The third-order valence-corrected chi connectivity index (χ3v) is 3.58. The summed E-state index contributed by atoms with van der Waals surface area (Å²) in [6, 6.07) is 8.79. The summed E-state index contributed by atoms with van der Waals surface area (Å²) in [5.74, 6) is -0.235. The normalized spacial score (nSPS) is 10.6. The molecule has 2 rings (SSSR count). The minimum absolute atomic E-state index is 0.177. The molecule has 0 fully saturated rings. The number of rotatable bonds is 8. The summed E-state index contributed by atoms with van der Waals surface area (Å²) in [4.78, 5) is 21.5. The molecule has 27 heavy (non-hydrogen) atoms. The number of urea groups is 1. The van der Waals surface area contributed by atoms with Gasteiger partial charge in [-0.05, 0) is 42.3 Å². The highest BCUT2D eigenvalue weighted by molar-refractivity contribution is 6.32. The van der Waals surface area contributed by atoms with Crippen LogP contribution in [0.15, 0.2) is 41.5 Å². The van der Waals surface area contributed by atoms with E-state index in [4.69, 9.17) is 31.9 Å². The predicted octanol–water partition coefficient (Wildman–Crippen LogP) is 3.02. The Morgan fingerprint density at radius 1 is 1.26 bits per heavy atom. The van der Waals surface area contributed by atoms with Crippen LogP contribution in [0.1, 0.15) is 28.4 Å². The van der Waals surface area contributed by atoms with Crippen LogP contribution in [-0.2, 0) is 6.61 Å². The molecule has 0 aliphatic carbocycles. The van der Waals surface area contributed by atoms with Gasteiger partial charge in [0, 0.05) is 0 Å². The van der Waals surface area contributed by atoms with Crippen LogP contribution < -0.4 is 20.6 Å². The number of nitrogens with one attached hydrogen (secondary N) is 1. The van der Waals surface area contributed by atoms with Crippen molar-refractivity contribution in [1.29, 1.82) is 0 Å². The summed E-state index contributed by atoms with van der Waals surface area (Å²) in [5, 5.41) is 12.9. The summed E-state index contributed by atoms with van der Waals surface area (Å²) >= 11 is 6.29. The maximum Gasteiger partial charge on any atom is 0.335 e. The van der Waals surface area contributed by atoms with Gasteiger partial charge in [-0.15, -0.1) is 0 Å². The second-order valence-corrected chi connectivity index (χ2v) is 5.70. The van der Waals surface area contributed by atoms with Crippen molar-refractivity contribution in [2.24, 2.45) is 10.8 Å². The lowest BCUT2D eigenvalue weighted by Crippen LogP contribution is -2.24. The highest BCUT2D eigenvalue weighted by Crippen LogP contribution is 2.37. The summed E-state index contributed by atoms with van der Waals surface area (Å²) in [5.41, 5.74) is 8.58. The maximum absolute atomic E-state index is 10.9. The molecule has 0 aliphatic heterocycles. The first kappa shape index (κ1) is 20.1. The molecule has 9 heteroatoms. The number of carboxylic acids is 1. The maximum atomic E-state index is 10.9. The Morgan fingerprint density at radius 2 is 1.96 bits per heavy atom. The van der Waals surface area contributed by atoms with E-state index in [1.807, 2.05) is 6.92 Å². The van der Waals surface area contributed by atoms with E-state index < -0.39 is 12.0 Å². The van der Waals surface area contributed by atoms with Gasteiger partial charge >= 0.3 is 12.0 Å². The fraction of sp³-hybridized carbons (Fsp3) is 0.167. The van der Waals surface area contributed by atoms with Gasteiger partial charge in [0.05, 0.1) is 23.4 Å². The summed E-state index contributed by atoms with van der Waals surface area (Å²) in [7, 11) is 0. The van der Waals surface area contributed by atoms with Crippen molar-refractivity contribution in [1.82, 2.24) is 5.43 Å². The number of carboxylic acid groups (broad SMARTS) is 1. The Balaban J connectivity index is 2.18. The fourth-order valence-corrected chi connectivity index (χ4v) is 2.41. The molecular weight excluding hydrogens is 374 g/mol. The number of halogens is 1. The Bertz CT molecular complexity index is 853. The van der Waals surface area contributed by atoms with Gasteiger partial charge in [0.1, 0.15) is 6.61 Å². The van der Waals surface area contributed by atoms with Crippen LogP contribution in [0.3, 0.4) is 0 Å². The second kappa shape index (κ2) is 9.44. The molecule has 0 saturated carbocycles.